The van der Waals surface area contributed by atoms with Crippen molar-refractivity contribution in [2.75, 3.05) is 19.3 Å². The molecule has 0 aromatic heterocycles. The van der Waals surface area contributed by atoms with E-state index in [1.54, 1.807) is 6.08 Å². The molecule has 0 amide bonds. The van der Waals surface area contributed by atoms with Crippen LogP contribution in [-0.2, 0) is 17.8 Å². The highest BCUT2D eigenvalue weighted by Crippen LogP contribution is 2.65. The van der Waals surface area contributed by atoms with E-state index in [-0.39, 0.29) is 5.78 Å². The summed E-state index contributed by atoms with van der Waals surface area (Å²) >= 11 is 0. The minimum Gasteiger partial charge on any atom is -0.398 e. The molecule has 2 unspecified atom stereocenters. The van der Waals surface area contributed by atoms with Gasteiger partial charge in [-0.25, -0.2) is 0 Å². The lowest BCUT2D eigenvalue weighted by atomic mass is 9.75. The number of hydrogen-bond acceptors (Lipinski definition) is 3. The number of benzene rings is 2. The molecule has 2 N–H and O–H groups in total. The second kappa shape index (κ2) is 8.27. The van der Waals surface area contributed by atoms with Crippen molar-refractivity contribution in [1.82, 2.24) is 4.90 Å². The van der Waals surface area contributed by atoms with Gasteiger partial charge in [-0.3, -0.25) is 4.79 Å². The molecular formula is C28H34N2O. The molecule has 162 valence electrons. The summed E-state index contributed by atoms with van der Waals surface area (Å²) in [5, 5.41) is 0. The topological polar surface area (TPSA) is 46.3 Å². The molecule has 2 aromatic carbocycles. The number of nitrogens with two attached hydrogens (primary N) is 1. The van der Waals surface area contributed by atoms with E-state index >= 15 is 0 Å². The number of rotatable bonds is 8. The Balaban J connectivity index is 1.14. The monoisotopic (exact) mass is 414 g/mol. The number of ketones is 1. The number of carbonyl (C=O) groups excluding carboxylic acids is 1. The van der Waals surface area contributed by atoms with Gasteiger partial charge in [-0.05, 0) is 91.2 Å². The number of carbonyl (C=O) groups is 1. The molecule has 0 saturated heterocycles. The van der Waals surface area contributed by atoms with Crippen LogP contribution in [0.25, 0.3) is 6.08 Å². The number of para-hydroxylation sites is 1. The van der Waals surface area contributed by atoms with Crippen molar-refractivity contribution in [2.45, 2.75) is 45.1 Å². The number of anilines is 1. The Morgan fingerprint density at radius 2 is 1.77 bits per heavy atom. The molecule has 4 aliphatic carbocycles. The van der Waals surface area contributed by atoms with Gasteiger partial charge in [0.15, 0.2) is 5.78 Å². The molecule has 2 atom stereocenters. The Labute approximate surface area is 186 Å². The first-order valence-electron chi connectivity index (χ1n) is 11.8. The van der Waals surface area contributed by atoms with Crippen LogP contribution in [-0.4, -0.2) is 24.3 Å². The zero-order valence-electron chi connectivity index (χ0n) is 18.6. The molecule has 6 rings (SSSR count). The molecule has 2 aromatic rings. The van der Waals surface area contributed by atoms with Crippen molar-refractivity contribution in [2.24, 2.45) is 23.2 Å². The van der Waals surface area contributed by atoms with Crippen LogP contribution in [0.1, 0.15) is 48.8 Å². The molecule has 3 heteroatoms. The number of nitrogens with zero attached hydrogens (tertiary/aromatic N) is 1. The maximum absolute atomic E-state index is 12.3. The van der Waals surface area contributed by atoms with Gasteiger partial charge in [0.25, 0.3) is 0 Å². The van der Waals surface area contributed by atoms with Crippen molar-refractivity contribution in [3.63, 3.8) is 0 Å². The maximum atomic E-state index is 12.3. The number of nitrogen functional groups attached to an aromatic ring is 1. The van der Waals surface area contributed by atoms with Crippen LogP contribution in [0.3, 0.4) is 0 Å². The molecule has 0 heterocycles. The quantitative estimate of drug-likeness (QED) is 0.468. The lowest BCUT2D eigenvalue weighted by Crippen LogP contribution is -2.36. The van der Waals surface area contributed by atoms with Gasteiger partial charge in [0.1, 0.15) is 0 Å². The van der Waals surface area contributed by atoms with Crippen molar-refractivity contribution in [1.29, 1.82) is 0 Å². The van der Waals surface area contributed by atoms with E-state index in [2.05, 4.69) is 36.2 Å². The third kappa shape index (κ3) is 4.34. The lowest BCUT2D eigenvalue weighted by molar-refractivity contribution is -0.113. The van der Waals surface area contributed by atoms with E-state index in [0.717, 1.165) is 35.4 Å². The molecule has 4 fully saturated rings. The largest absolute Gasteiger partial charge is 0.398 e. The van der Waals surface area contributed by atoms with Gasteiger partial charge in [-0.15, -0.1) is 0 Å². The number of allylic oxidation sites excluding steroid dienone is 1. The molecule has 4 saturated carbocycles. The molecule has 31 heavy (non-hydrogen) atoms. The normalized spacial score (nSPS) is 28.8. The fourth-order valence-electron chi connectivity index (χ4n) is 6.99. The standard InChI is InChI=1S/C28H34N2O/c1-30(19-28-16-22-12-23(17-28)14-25(28)13-22)18-21-8-6-20(7-9-21)10-11-26(31)15-24-4-2-3-5-27(24)29/h2-11,22-23,25H,12-19,29H2,1H3/b11-10+. The summed E-state index contributed by atoms with van der Waals surface area (Å²) in [4.78, 5) is 14.8. The summed E-state index contributed by atoms with van der Waals surface area (Å²) < 4.78 is 0. The van der Waals surface area contributed by atoms with E-state index in [4.69, 9.17) is 5.73 Å². The molecule has 0 radical (unpaired) electrons. The summed E-state index contributed by atoms with van der Waals surface area (Å²) in [5.74, 6) is 3.12. The summed E-state index contributed by atoms with van der Waals surface area (Å²) in [6.45, 7) is 2.25. The molecular weight excluding hydrogens is 380 g/mol. The van der Waals surface area contributed by atoms with Crippen LogP contribution in [0.5, 0.6) is 0 Å². The smallest absolute Gasteiger partial charge is 0.160 e. The number of hydrogen-bond donors (Lipinski definition) is 1. The van der Waals surface area contributed by atoms with Crippen LogP contribution in [0, 0.1) is 23.2 Å². The summed E-state index contributed by atoms with van der Waals surface area (Å²) in [6, 6.07) is 16.2. The van der Waals surface area contributed by atoms with Gasteiger partial charge in [0.2, 0.25) is 0 Å². The first-order valence-corrected chi connectivity index (χ1v) is 11.8. The van der Waals surface area contributed by atoms with E-state index in [0.29, 0.717) is 17.5 Å². The van der Waals surface area contributed by atoms with Gasteiger partial charge in [0, 0.05) is 25.2 Å². The van der Waals surface area contributed by atoms with Gasteiger partial charge < -0.3 is 10.6 Å². The van der Waals surface area contributed by atoms with Crippen LogP contribution in [0.2, 0.25) is 0 Å². The highest BCUT2D eigenvalue weighted by Gasteiger charge is 2.57. The second-order valence-corrected chi connectivity index (χ2v) is 10.5. The van der Waals surface area contributed by atoms with Gasteiger partial charge in [0.05, 0.1) is 0 Å². The predicted molar refractivity (Wildman–Crippen MR) is 127 cm³/mol. The summed E-state index contributed by atoms with van der Waals surface area (Å²) in [5.41, 5.74) is 10.5. The average molecular weight is 415 g/mol. The van der Waals surface area contributed by atoms with E-state index in [1.807, 2.05) is 30.3 Å². The molecule has 3 nitrogen and oxygen atoms in total. The van der Waals surface area contributed by atoms with Gasteiger partial charge >= 0.3 is 0 Å². The summed E-state index contributed by atoms with van der Waals surface area (Å²) in [6.07, 6.45) is 11.4. The zero-order chi connectivity index (χ0) is 21.4. The Bertz CT molecular complexity index is 963. The SMILES string of the molecule is CN(Cc1ccc(/C=C/C(=O)Cc2ccccc2N)cc1)CC12CC3CC(CC1C3)C2. The Kier molecular flexibility index (Phi) is 5.47. The second-order valence-electron chi connectivity index (χ2n) is 10.5. The third-order valence-electron chi connectivity index (χ3n) is 8.06. The fraction of sp³-hybridized carbons (Fsp3) is 0.464. The molecule has 4 aliphatic rings. The van der Waals surface area contributed by atoms with Gasteiger partial charge in [-0.1, -0.05) is 48.5 Å². The first-order chi connectivity index (χ1) is 15.0. The van der Waals surface area contributed by atoms with Crippen LogP contribution >= 0.6 is 0 Å². The fourth-order valence-corrected chi connectivity index (χ4v) is 6.99. The zero-order valence-corrected chi connectivity index (χ0v) is 18.6. The minimum atomic E-state index is 0.0710. The predicted octanol–water partition coefficient (Wildman–Crippen LogP) is 5.35. The third-order valence-corrected chi connectivity index (χ3v) is 8.06. The highest BCUT2D eigenvalue weighted by atomic mass is 16.1. The van der Waals surface area contributed by atoms with Crippen LogP contribution in [0.4, 0.5) is 5.69 Å². The van der Waals surface area contributed by atoms with Gasteiger partial charge in [-0.2, -0.15) is 0 Å². The van der Waals surface area contributed by atoms with Crippen molar-refractivity contribution < 1.29 is 4.79 Å². The summed E-state index contributed by atoms with van der Waals surface area (Å²) in [7, 11) is 2.29. The molecule has 0 aliphatic heterocycles. The van der Waals surface area contributed by atoms with E-state index in [9.17, 15) is 4.79 Å². The van der Waals surface area contributed by atoms with E-state index < -0.39 is 0 Å². The Morgan fingerprint density at radius 1 is 1.06 bits per heavy atom. The average Bonchev–Trinajstić information content (AvgIpc) is 3.11. The molecule has 0 spiro atoms. The van der Waals surface area contributed by atoms with Crippen molar-refractivity contribution in [3.8, 4) is 0 Å². The van der Waals surface area contributed by atoms with E-state index in [1.165, 1.54) is 44.2 Å². The van der Waals surface area contributed by atoms with Crippen LogP contribution in [0.15, 0.2) is 54.6 Å². The first kappa shape index (κ1) is 20.5. The Morgan fingerprint density at radius 3 is 2.48 bits per heavy atom. The van der Waals surface area contributed by atoms with Crippen molar-refractivity contribution >= 4 is 17.5 Å². The van der Waals surface area contributed by atoms with Crippen LogP contribution < -0.4 is 5.73 Å². The molecule has 4 bridgehead atoms. The maximum Gasteiger partial charge on any atom is 0.160 e. The lowest BCUT2D eigenvalue weighted by Gasteiger charge is -2.36. The van der Waals surface area contributed by atoms with Crippen molar-refractivity contribution in [3.05, 3.63) is 71.3 Å². The minimum absolute atomic E-state index is 0.0710. The Hall–Kier alpha value is -2.39. The highest BCUT2D eigenvalue weighted by molar-refractivity contribution is 5.95.